The van der Waals surface area contributed by atoms with Crippen molar-refractivity contribution in [3.63, 3.8) is 0 Å². The molecule has 25 heavy (non-hydrogen) atoms. The Hall–Kier alpha value is -2.56. The summed E-state index contributed by atoms with van der Waals surface area (Å²) in [7, 11) is 0. The van der Waals surface area contributed by atoms with Crippen LogP contribution in [-0.4, -0.2) is 23.6 Å². The van der Waals surface area contributed by atoms with Crippen molar-refractivity contribution in [3.8, 4) is 5.75 Å². The SMILES string of the molecule is C1=CCCC=C1.CCOC(=O)C(NC(=O)C1CC1)c1ccccc1O. The Morgan fingerprint density at radius 3 is 2.32 bits per heavy atom. The molecule has 0 heterocycles. The highest BCUT2D eigenvalue weighted by Gasteiger charge is 2.34. The van der Waals surface area contributed by atoms with Crippen LogP contribution in [0.25, 0.3) is 0 Å². The number of esters is 1. The average molecular weight is 343 g/mol. The maximum atomic E-state index is 11.9. The maximum absolute atomic E-state index is 11.9. The van der Waals surface area contributed by atoms with Crippen LogP contribution in [0.4, 0.5) is 0 Å². The molecule has 0 saturated heterocycles. The van der Waals surface area contributed by atoms with Crippen LogP contribution >= 0.6 is 0 Å². The highest BCUT2D eigenvalue weighted by molar-refractivity contribution is 5.88. The Labute approximate surface area is 148 Å². The Morgan fingerprint density at radius 2 is 1.84 bits per heavy atom. The molecule has 1 fully saturated rings. The number of phenolic OH excluding ortho intramolecular Hbond substituents is 1. The molecule has 1 saturated carbocycles. The number of aromatic hydroxyl groups is 1. The van der Waals surface area contributed by atoms with Crippen LogP contribution in [0.5, 0.6) is 5.75 Å². The minimum atomic E-state index is -0.950. The summed E-state index contributed by atoms with van der Waals surface area (Å²) in [5.41, 5.74) is 0.356. The summed E-state index contributed by atoms with van der Waals surface area (Å²) in [6, 6.07) is 5.48. The second-order valence-corrected chi connectivity index (χ2v) is 5.96. The summed E-state index contributed by atoms with van der Waals surface area (Å²) in [4.78, 5) is 23.7. The Morgan fingerprint density at radius 1 is 1.20 bits per heavy atom. The van der Waals surface area contributed by atoms with Gasteiger partial charge in [0, 0.05) is 11.5 Å². The number of phenols is 1. The molecule has 0 radical (unpaired) electrons. The third kappa shape index (κ3) is 6.10. The first-order valence-electron chi connectivity index (χ1n) is 8.70. The predicted molar refractivity (Wildman–Crippen MR) is 95.9 cm³/mol. The number of hydrogen-bond donors (Lipinski definition) is 2. The standard InChI is InChI=1S/C14H17NO4.C6H8/c1-2-19-14(18)12(15-13(17)9-7-8-9)10-5-3-4-6-11(10)16;1-2-4-6-5-3-1/h3-6,9,12,16H,2,7-8H2,1H3,(H,15,17);1-4H,5-6H2. The summed E-state index contributed by atoms with van der Waals surface area (Å²) in [6.07, 6.45) is 12.7. The van der Waals surface area contributed by atoms with Gasteiger partial charge in [-0.25, -0.2) is 4.79 Å². The van der Waals surface area contributed by atoms with Gasteiger partial charge in [-0.3, -0.25) is 4.79 Å². The molecule has 5 nitrogen and oxygen atoms in total. The number of para-hydroxylation sites is 1. The van der Waals surface area contributed by atoms with Crippen LogP contribution in [0.1, 0.15) is 44.2 Å². The van der Waals surface area contributed by atoms with E-state index in [1.165, 1.54) is 18.9 Å². The van der Waals surface area contributed by atoms with Gasteiger partial charge in [-0.15, -0.1) is 0 Å². The van der Waals surface area contributed by atoms with Gasteiger partial charge in [0.1, 0.15) is 5.75 Å². The fourth-order valence-corrected chi connectivity index (χ4v) is 2.37. The number of rotatable bonds is 5. The minimum absolute atomic E-state index is 0.0113. The Kier molecular flexibility index (Phi) is 7.26. The number of ether oxygens (including phenoxy) is 1. The van der Waals surface area contributed by atoms with Crippen LogP contribution in [-0.2, 0) is 14.3 Å². The molecule has 2 aliphatic rings. The van der Waals surface area contributed by atoms with Crippen molar-refractivity contribution in [2.75, 3.05) is 6.61 Å². The maximum Gasteiger partial charge on any atom is 0.333 e. The van der Waals surface area contributed by atoms with E-state index in [0.29, 0.717) is 5.56 Å². The zero-order valence-electron chi connectivity index (χ0n) is 14.5. The predicted octanol–water partition coefficient (Wildman–Crippen LogP) is 3.42. The van der Waals surface area contributed by atoms with E-state index in [-0.39, 0.29) is 24.2 Å². The van der Waals surface area contributed by atoms with Crippen LogP contribution in [0.15, 0.2) is 48.6 Å². The molecular formula is C20H25NO4. The molecule has 1 aromatic carbocycles. The second kappa shape index (κ2) is 9.67. The average Bonchev–Trinajstić information content (AvgIpc) is 3.48. The topological polar surface area (TPSA) is 75.6 Å². The lowest BCUT2D eigenvalue weighted by atomic mass is 10.1. The zero-order chi connectivity index (χ0) is 18.1. The van der Waals surface area contributed by atoms with E-state index < -0.39 is 12.0 Å². The van der Waals surface area contributed by atoms with Crippen LogP contribution < -0.4 is 5.32 Å². The number of carbonyl (C=O) groups is 2. The number of amides is 1. The molecular weight excluding hydrogens is 318 g/mol. The first kappa shape index (κ1) is 18.8. The van der Waals surface area contributed by atoms with E-state index in [1.807, 2.05) is 0 Å². The summed E-state index contributed by atoms with van der Waals surface area (Å²) in [5, 5.41) is 12.5. The lowest BCUT2D eigenvalue weighted by Crippen LogP contribution is -2.35. The van der Waals surface area contributed by atoms with Gasteiger partial charge >= 0.3 is 5.97 Å². The van der Waals surface area contributed by atoms with Gasteiger partial charge in [0.25, 0.3) is 0 Å². The van der Waals surface area contributed by atoms with Gasteiger partial charge in [-0.2, -0.15) is 0 Å². The zero-order valence-corrected chi connectivity index (χ0v) is 14.5. The van der Waals surface area contributed by atoms with E-state index in [9.17, 15) is 14.7 Å². The van der Waals surface area contributed by atoms with Gasteiger partial charge in [-0.05, 0) is 38.7 Å². The van der Waals surface area contributed by atoms with Crippen molar-refractivity contribution in [2.45, 2.75) is 38.6 Å². The smallest absolute Gasteiger partial charge is 0.333 e. The number of hydrogen-bond acceptors (Lipinski definition) is 4. The monoisotopic (exact) mass is 343 g/mol. The van der Waals surface area contributed by atoms with Crippen molar-refractivity contribution in [3.05, 3.63) is 54.1 Å². The highest BCUT2D eigenvalue weighted by Crippen LogP contribution is 2.31. The number of benzene rings is 1. The van der Waals surface area contributed by atoms with Gasteiger partial charge in [0.2, 0.25) is 5.91 Å². The first-order chi connectivity index (χ1) is 12.1. The Balaban J connectivity index is 0.000000316. The molecule has 0 aromatic heterocycles. The van der Waals surface area contributed by atoms with Gasteiger partial charge < -0.3 is 15.2 Å². The van der Waals surface area contributed by atoms with Crippen LogP contribution in [0.3, 0.4) is 0 Å². The quantitative estimate of drug-likeness (QED) is 0.803. The van der Waals surface area contributed by atoms with E-state index in [4.69, 9.17) is 4.74 Å². The normalized spacial score (nSPS) is 16.4. The number of allylic oxidation sites excluding steroid dienone is 4. The van der Waals surface area contributed by atoms with Gasteiger partial charge in [-0.1, -0.05) is 42.5 Å². The molecule has 1 unspecified atom stereocenters. The largest absolute Gasteiger partial charge is 0.508 e. The molecule has 2 aliphatic carbocycles. The Bertz CT molecular complexity index is 635. The summed E-state index contributed by atoms with van der Waals surface area (Å²) < 4.78 is 4.95. The van der Waals surface area contributed by atoms with E-state index in [2.05, 4.69) is 29.6 Å². The molecule has 2 N–H and O–H groups in total. The second-order valence-electron chi connectivity index (χ2n) is 5.96. The number of carbonyl (C=O) groups excluding carboxylic acids is 2. The molecule has 5 heteroatoms. The van der Waals surface area contributed by atoms with Crippen molar-refractivity contribution >= 4 is 11.9 Å². The molecule has 1 aromatic rings. The third-order valence-electron chi connectivity index (χ3n) is 3.89. The molecule has 0 bridgehead atoms. The van der Waals surface area contributed by atoms with E-state index in [0.717, 1.165) is 12.8 Å². The minimum Gasteiger partial charge on any atom is -0.508 e. The summed E-state index contributed by atoms with van der Waals surface area (Å²) >= 11 is 0. The summed E-state index contributed by atoms with van der Waals surface area (Å²) in [5.74, 6) is -0.765. The lowest BCUT2D eigenvalue weighted by molar-refractivity contribution is -0.147. The fraction of sp³-hybridized carbons (Fsp3) is 0.400. The van der Waals surface area contributed by atoms with Crippen molar-refractivity contribution in [1.82, 2.24) is 5.32 Å². The van der Waals surface area contributed by atoms with Crippen molar-refractivity contribution in [2.24, 2.45) is 5.92 Å². The van der Waals surface area contributed by atoms with Gasteiger partial charge in [0.15, 0.2) is 6.04 Å². The molecule has 1 atom stereocenters. The van der Waals surface area contributed by atoms with Gasteiger partial charge in [0.05, 0.1) is 6.61 Å². The van der Waals surface area contributed by atoms with Crippen LogP contribution in [0, 0.1) is 5.92 Å². The van der Waals surface area contributed by atoms with Crippen LogP contribution in [0.2, 0.25) is 0 Å². The van der Waals surface area contributed by atoms with Crippen molar-refractivity contribution < 1.29 is 19.4 Å². The number of nitrogens with one attached hydrogen (secondary N) is 1. The fourth-order valence-electron chi connectivity index (χ4n) is 2.37. The van der Waals surface area contributed by atoms with E-state index >= 15 is 0 Å². The highest BCUT2D eigenvalue weighted by atomic mass is 16.5. The molecule has 0 spiro atoms. The first-order valence-corrected chi connectivity index (χ1v) is 8.70. The molecule has 1 amide bonds. The molecule has 134 valence electrons. The van der Waals surface area contributed by atoms with E-state index in [1.54, 1.807) is 25.1 Å². The third-order valence-corrected chi connectivity index (χ3v) is 3.89. The molecule has 3 rings (SSSR count). The summed E-state index contributed by atoms with van der Waals surface area (Å²) in [6.45, 7) is 1.92. The molecule has 0 aliphatic heterocycles. The van der Waals surface area contributed by atoms with Crippen molar-refractivity contribution in [1.29, 1.82) is 0 Å². The lowest BCUT2D eigenvalue weighted by Gasteiger charge is -2.18.